The number of hydrogen-bond donors (Lipinski definition) is 2. The second-order valence-electron chi connectivity index (χ2n) is 5.83. The molecule has 0 saturated heterocycles. The van der Waals surface area contributed by atoms with Gasteiger partial charge in [-0.25, -0.2) is 0 Å². The van der Waals surface area contributed by atoms with Crippen molar-refractivity contribution in [3.8, 4) is 0 Å². The predicted molar refractivity (Wildman–Crippen MR) is 84.7 cm³/mol. The minimum atomic E-state index is -0.257. The van der Waals surface area contributed by atoms with E-state index in [9.17, 15) is 4.79 Å². The van der Waals surface area contributed by atoms with Gasteiger partial charge in [-0.1, -0.05) is 51.1 Å². The highest BCUT2D eigenvalue weighted by Gasteiger charge is 2.24. The summed E-state index contributed by atoms with van der Waals surface area (Å²) in [6, 6.07) is 10.5. The molecule has 1 rings (SSSR count). The van der Waals surface area contributed by atoms with Crippen LogP contribution in [0.15, 0.2) is 30.3 Å². The van der Waals surface area contributed by atoms with Crippen LogP contribution in [0.3, 0.4) is 0 Å². The van der Waals surface area contributed by atoms with Crippen LogP contribution in [0.1, 0.15) is 39.2 Å². The van der Waals surface area contributed by atoms with E-state index in [1.165, 1.54) is 5.56 Å². The number of amides is 1. The summed E-state index contributed by atoms with van der Waals surface area (Å²) >= 11 is 0. The van der Waals surface area contributed by atoms with Gasteiger partial charge >= 0.3 is 0 Å². The molecule has 0 bridgehead atoms. The molecule has 0 aromatic heterocycles. The molecule has 0 heterocycles. The summed E-state index contributed by atoms with van der Waals surface area (Å²) in [6.45, 7) is 8.53. The number of carbonyl (C=O) groups is 1. The van der Waals surface area contributed by atoms with Crippen LogP contribution in [-0.2, 0) is 11.2 Å². The van der Waals surface area contributed by atoms with Gasteiger partial charge in [-0.3, -0.25) is 4.79 Å². The summed E-state index contributed by atoms with van der Waals surface area (Å²) < 4.78 is 0. The highest BCUT2D eigenvalue weighted by Crippen LogP contribution is 2.18. The van der Waals surface area contributed by atoms with Gasteiger partial charge in [-0.05, 0) is 31.4 Å². The fourth-order valence-electron chi connectivity index (χ4n) is 1.85. The summed E-state index contributed by atoms with van der Waals surface area (Å²) in [6.07, 6.45) is 3.09. The van der Waals surface area contributed by atoms with Gasteiger partial charge in [0.25, 0.3) is 0 Å². The monoisotopic (exact) mass is 276 g/mol. The van der Waals surface area contributed by atoms with Gasteiger partial charge in [-0.2, -0.15) is 0 Å². The number of carbonyl (C=O) groups excluding carboxylic acids is 1. The summed E-state index contributed by atoms with van der Waals surface area (Å²) in [5, 5.41) is 6.35. The van der Waals surface area contributed by atoms with Crippen LogP contribution in [0.5, 0.6) is 0 Å². The number of benzene rings is 1. The molecule has 3 heteroatoms. The molecule has 112 valence electrons. The van der Waals surface area contributed by atoms with Crippen LogP contribution in [-0.4, -0.2) is 25.5 Å². The molecule has 2 N–H and O–H groups in total. The lowest BCUT2D eigenvalue weighted by Crippen LogP contribution is -2.40. The lowest BCUT2D eigenvalue weighted by atomic mass is 9.89. The first-order valence-corrected chi connectivity index (χ1v) is 7.59. The summed E-state index contributed by atoms with van der Waals surface area (Å²) in [7, 11) is 0. The zero-order valence-corrected chi connectivity index (χ0v) is 13.0. The Bertz CT molecular complexity index is 387. The zero-order valence-electron chi connectivity index (χ0n) is 13.0. The minimum absolute atomic E-state index is 0.145. The van der Waals surface area contributed by atoms with E-state index in [0.29, 0.717) is 6.54 Å². The molecule has 0 aliphatic rings. The lowest BCUT2D eigenvalue weighted by Gasteiger charge is -2.21. The van der Waals surface area contributed by atoms with E-state index in [-0.39, 0.29) is 11.3 Å². The van der Waals surface area contributed by atoms with Crippen LogP contribution >= 0.6 is 0 Å². The Balaban J connectivity index is 2.02. The first-order chi connectivity index (χ1) is 9.56. The van der Waals surface area contributed by atoms with Gasteiger partial charge in [0.1, 0.15) is 0 Å². The number of aryl methyl sites for hydroxylation is 1. The summed E-state index contributed by atoms with van der Waals surface area (Å²) in [5.41, 5.74) is 1.13. The smallest absolute Gasteiger partial charge is 0.225 e. The van der Waals surface area contributed by atoms with Gasteiger partial charge in [0.2, 0.25) is 5.91 Å². The van der Waals surface area contributed by atoms with E-state index in [1.807, 2.05) is 26.8 Å². The van der Waals surface area contributed by atoms with Crippen molar-refractivity contribution >= 4 is 5.91 Å². The maximum absolute atomic E-state index is 11.8. The minimum Gasteiger partial charge on any atom is -0.354 e. The van der Waals surface area contributed by atoms with Crippen molar-refractivity contribution in [1.29, 1.82) is 0 Å². The Morgan fingerprint density at radius 3 is 2.45 bits per heavy atom. The average molecular weight is 276 g/mol. The van der Waals surface area contributed by atoms with E-state index >= 15 is 0 Å². The molecular formula is C17H28N2O. The largest absolute Gasteiger partial charge is 0.354 e. The van der Waals surface area contributed by atoms with Crippen LogP contribution in [0, 0.1) is 5.41 Å². The van der Waals surface area contributed by atoms with E-state index in [0.717, 1.165) is 32.4 Å². The Hall–Kier alpha value is -1.35. The molecule has 1 amide bonds. The Morgan fingerprint density at radius 2 is 1.80 bits per heavy atom. The quantitative estimate of drug-likeness (QED) is 0.681. The zero-order chi connectivity index (χ0) is 14.8. The summed E-state index contributed by atoms with van der Waals surface area (Å²) in [5.74, 6) is 0.145. The van der Waals surface area contributed by atoms with Crippen LogP contribution < -0.4 is 10.6 Å². The second-order valence-corrected chi connectivity index (χ2v) is 5.83. The molecule has 0 unspecified atom stereocenters. The molecule has 3 nitrogen and oxygen atoms in total. The van der Waals surface area contributed by atoms with Crippen molar-refractivity contribution in [2.75, 3.05) is 19.6 Å². The van der Waals surface area contributed by atoms with E-state index in [2.05, 4.69) is 34.9 Å². The topological polar surface area (TPSA) is 41.1 Å². The van der Waals surface area contributed by atoms with Crippen LogP contribution in [0.25, 0.3) is 0 Å². The SMILES string of the molecule is CCC(C)(C)C(=O)NCCNCCCc1ccccc1. The molecule has 0 fully saturated rings. The Kier molecular flexibility index (Phi) is 7.31. The third kappa shape index (κ3) is 6.20. The van der Waals surface area contributed by atoms with Crippen molar-refractivity contribution in [2.24, 2.45) is 5.41 Å². The van der Waals surface area contributed by atoms with Crippen LogP contribution in [0.2, 0.25) is 0 Å². The normalized spacial score (nSPS) is 11.3. The van der Waals surface area contributed by atoms with Gasteiger partial charge in [-0.15, -0.1) is 0 Å². The average Bonchev–Trinajstić information content (AvgIpc) is 2.47. The number of nitrogens with one attached hydrogen (secondary N) is 2. The molecule has 0 aliphatic heterocycles. The maximum Gasteiger partial charge on any atom is 0.225 e. The second kappa shape index (κ2) is 8.75. The van der Waals surface area contributed by atoms with Gasteiger partial charge in [0.15, 0.2) is 0 Å². The first kappa shape index (κ1) is 16.7. The molecular weight excluding hydrogens is 248 g/mol. The van der Waals surface area contributed by atoms with Crippen molar-refractivity contribution in [3.05, 3.63) is 35.9 Å². The molecule has 0 spiro atoms. The van der Waals surface area contributed by atoms with E-state index in [4.69, 9.17) is 0 Å². The third-order valence-corrected chi connectivity index (χ3v) is 3.75. The molecule has 1 aromatic rings. The lowest BCUT2D eigenvalue weighted by molar-refractivity contribution is -0.129. The molecule has 20 heavy (non-hydrogen) atoms. The highest BCUT2D eigenvalue weighted by molar-refractivity contribution is 5.81. The highest BCUT2D eigenvalue weighted by atomic mass is 16.2. The first-order valence-electron chi connectivity index (χ1n) is 7.59. The predicted octanol–water partition coefficient (Wildman–Crippen LogP) is 2.76. The fourth-order valence-corrected chi connectivity index (χ4v) is 1.85. The van der Waals surface area contributed by atoms with Crippen LogP contribution in [0.4, 0.5) is 0 Å². The van der Waals surface area contributed by atoms with Crippen molar-refractivity contribution in [3.63, 3.8) is 0 Å². The molecule has 0 saturated carbocycles. The van der Waals surface area contributed by atoms with Gasteiger partial charge in [0, 0.05) is 18.5 Å². The maximum atomic E-state index is 11.8. The molecule has 0 aliphatic carbocycles. The molecule has 0 radical (unpaired) electrons. The molecule has 0 atom stereocenters. The van der Waals surface area contributed by atoms with E-state index in [1.54, 1.807) is 0 Å². The fraction of sp³-hybridized carbons (Fsp3) is 0.588. The Labute approximate surface area is 123 Å². The summed E-state index contributed by atoms with van der Waals surface area (Å²) in [4.78, 5) is 11.8. The Morgan fingerprint density at radius 1 is 1.10 bits per heavy atom. The van der Waals surface area contributed by atoms with Gasteiger partial charge < -0.3 is 10.6 Å². The van der Waals surface area contributed by atoms with Gasteiger partial charge in [0.05, 0.1) is 0 Å². The standard InChI is InChI=1S/C17H28N2O/c1-4-17(2,3)16(20)19-14-13-18-12-8-11-15-9-6-5-7-10-15/h5-7,9-10,18H,4,8,11-14H2,1-3H3,(H,19,20). The van der Waals surface area contributed by atoms with Crippen molar-refractivity contribution in [2.45, 2.75) is 40.0 Å². The third-order valence-electron chi connectivity index (χ3n) is 3.75. The van der Waals surface area contributed by atoms with Crippen molar-refractivity contribution in [1.82, 2.24) is 10.6 Å². The number of rotatable bonds is 9. The van der Waals surface area contributed by atoms with Crippen molar-refractivity contribution < 1.29 is 4.79 Å². The number of hydrogen-bond acceptors (Lipinski definition) is 2. The molecule has 1 aromatic carbocycles. The van der Waals surface area contributed by atoms with E-state index < -0.39 is 0 Å².